The van der Waals surface area contributed by atoms with Gasteiger partial charge in [0.15, 0.2) is 0 Å². The standard InChI is InChI=1S/C7H18N2O3S/c1-7(10)3-2-4-9-5-6-13(8,11)12/h7,9-10H,2-6H2,1H3,(H2,8,11,12). The fraction of sp³-hybridized carbons (Fsp3) is 1.00. The first-order chi connectivity index (χ1) is 5.92. The van der Waals surface area contributed by atoms with Gasteiger partial charge in [0.2, 0.25) is 10.0 Å². The van der Waals surface area contributed by atoms with E-state index < -0.39 is 10.0 Å². The number of rotatable bonds is 7. The van der Waals surface area contributed by atoms with E-state index in [1.807, 2.05) is 0 Å². The fourth-order valence-corrected chi connectivity index (χ4v) is 1.29. The molecule has 4 N–H and O–H groups in total. The maximum Gasteiger partial charge on any atom is 0.210 e. The van der Waals surface area contributed by atoms with Crippen molar-refractivity contribution in [3.05, 3.63) is 0 Å². The summed E-state index contributed by atoms with van der Waals surface area (Å²) in [4.78, 5) is 0. The summed E-state index contributed by atoms with van der Waals surface area (Å²) in [6, 6.07) is 0. The topological polar surface area (TPSA) is 92.4 Å². The highest BCUT2D eigenvalue weighted by Gasteiger charge is 2.00. The summed E-state index contributed by atoms with van der Waals surface area (Å²) in [6.07, 6.45) is 1.27. The highest BCUT2D eigenvalue weighted by molar-refractivity contribution is 7.89. The molecule has 0 amide bonds. The van der Waals surface area contributed by atoms with Gasteiger partial charge in [-0.15, -0.1) is 0 Å². The Labute approximate surface area is 79.4 Å². The molecule has 6 heteroatoms. The van der Waals surface area contributed by atoms with Gasteiger partial charge < -0.3 is 10.4 Å². The summed E-state index contributed by atoms with van der Waals surface area (Å²) in [5.41, 5.74) is 0. The molecule has 0 aliphatic rings. The van der Waals surface area contributed by atoms with Crippen molar-refractivity contribution in [2.45, 2.75) is 25.9 Å². The number of hydrogen-bond acceptors (Lipinski definition) is 4. The Morgan fingerprint density at radius 1 is 1.46 bits per heavy atom. The number of aliphatic hydroxyl groups excluding tert-OH is 1. The molecule has 0 rings (SSSR count). The van der Waals surface area contributed by atoms with Crippen LogP contribution in [0.5, 0.6) is 0 Å². The zero-order valence-electron chi connectivity index (χ0n) is 7.86. The Balaban J connectivity index is 3.18. The van der Waals surface area contributed by atoms with E-state index in [4.69, 9.17) is 10.2 Å². The lowest BCUT2D eigenvalue weighted by Crippen LogP contribution is -2.27. The predicted molar refractivity (Wildman–Crippen MR) is 51.8 cm³/mol. The van der Waals surface area contributed by atoms with Crippen molar-refractivity contribution in [2.24, 2.45) is 5.14 Å². The van der Waals surface area contributed by atoms with E-state index in [0.717, 1.165) is 12.8 Å². The average Bonchev–Trinajstić information content (AvgIpc) is 1.93. The van der Waals surface area contributed by atoms with Gasteiger partial charge in [0.25, 0.3) is 0 Å². The third kappa shape index (κ3) is 11.8. The molecule has 0 radical (unpaired) electrons. The highest BCUT2D eigenvalue weighted by atomic mass is 32.2. The van der Waals surface area contributed by atoms with Gasteiger partial charge in [0.05, 0.1) is 11.9 Å². The van der Waals surface area contributed by atoms with Crippen molar-refractivity contribution >= 4 is 10.0 Å². The Morgan fingerprint density at radius 2 is 2.08 bits per heavy atom. The van der Waals surface area contributed by atoms with Gasteiger partial charge in [-0.05, 0) is 26.3 Å². The minimum absolute atomic E-state index is 0.0400. The summed E-state index contributed by atoms with van der Waals surface area (Å²) in [6.45, 7) is 2.81. The lowest BCUT2D eigenvalue weighted by atomic mass is 10.2. The van der Waals surface area contributed by atoms with Crippen LogP contribution in [0.4, 0.5) is 0 Å². The van der Waals surface area contributed by atoms with Gasteiger partial charge in [-0.25, -0.2) is 13.6 Å². The molecule has 0 aromatic heterocycles. The quantitative estimate of drug-likeness (QED) is 0.471. The van der Waals surface area contributed by atoms with E-state index >= 15 is 0 Å². The maximum atomic E-state index is 10.5. The number of aliphatic hydroxyl groups is 1. The Bertz CT molecular complexity index is 214. The number of nitrogens with two attached hydrogens (primary N) is 1. The molecule has 5 nitrogen and oxygen atoms in total. The molecule has 0 heterocycles. The second-order valence-corrected chi connectivity index (χ2v) is 4.84. The molecule has 0 saturated heterocycles. The van der Waals surface area contributed by atoms with Gasteiger partial charge in [-0.3, -0.25) is 0 Å². The van der Waals surface area contributed by atoms with E-state index in [1.54, 1.807) is 6.92 Å². The summed E-state index contributed by atoms with van der Waals surface area (Å²) >= 11 is 0. The molecule has 13 heavy (non-hydrogen) atoms. The Hall–Kier alpha value is -0.170. The van der Waals surface area contributed by atoms with Crippen LogP contribution in [0.1, 0.15) is 19.8 Å². The van der Waals surface area contributed by atoms with Crippen LogP contribution in [0.2, 0.25) is 0 Å². The van der Waals surface area contributed by atoms with Crippen LogP contribution in [0.3, 0.4) is 0 Å². The molecule has 0 aromatic carbocycles. The minimum Gasteiger partial charge on any atom is -0.393 e. The summed E-state index contributed by atoms with van der Waals surface area (Å²) in [5.74, 6) is -0.0400. The van der Waals surface area contributed by atoms with Crippen LogP contribution in [0.15, 0.2) is 0 Å². The first-order valence-corrected chi connectivity index (χ1v) is 6.02. The maximum absolute atomic E-state index is 10.5. The normalized spacial score (nSPS) is 14.4. The Kier molecular flexibility index (Phi) is 6.23. The zero-order chi connectivity index (χ0) is 10.3. The molecule has 0 fully saturated rings. The second kappa shape index (κ2) is 6.31. The summed E-state index contributed by atoms with van der Waals surface area (Å²) < 4.78 is 20.9. The fourth-order valence-electron chi connectivity index (χ4n) is 0.862. The van der Waals surface area contributed by atoms with Gasteiger partial charge in [-0.1, -0.05) is 0 Å². The number of primary sulfonamides is 1. The van der Waals surface area contributed by atoms with Crippen molar-refractivity contribution in [3.8, 4) is 0 Å². The molecule has 80 valence electrons. The summed E-state index contributed by atoms with van der Waals surface area (Å²) in [5, 5.41) is 16.6. The van der Waals surface area contributed by atoms with E-state index in [-0.39, 0.29) is 11.9 Å². The van der Waals surface area contributed by atoms with Crippen LogP contribution in [-0.4, -0.2) is 38.5 Å². The third-order valence-electron chi connectivity index (χ3n) is 1.54. The second-order valence-electron chi connectivity index (χ2n) is 3.11. The van der Waals surface area contributed by atoms with Crippen LogP contribution in [-0.2, 0) is 10.0 Å². The lowest BCUT2D eigenvalue weighted by Gasteiger charge is -2.05. The largest absolute Gasteiger partial charge is 0.393 e. The molecule has 0 aliphatic carbocycles. The number of nitrogens with one attached hydrogen (secondary N) is 1. The molecular weight excluding hydrogens is 192 g/mol. The van der Waals surface area contributed by atoms with Crippen molar-refractivity contribution in [1.82, 2.24) is 5.32 Å². The van der Waals surface area contributed by atoms with Crippen molar-refractivity contribution in [1.29, 1.82) is 0 Å². The van der Waals surface area contributed by atoms with Crippen molar-refractivity contribution < 1.29 is 13.5 Å². The van der Waals surface area contributed by atoms with E-state index in [0.29, 0.717) is 13.1 Å². The van der Waals surface area contributed by atoms with Crippen LogP contribution in [0.25, 0.3) is 0 Å². The van der Waals surface area contributed by atoms with Crippen LogP contribution >= 0.6 is 0 Å². The van der Waals surface area contributed by atoms with Gasteiger partial charge >= 0.3 is 0 Å². The van der Waals surface area contributed by atoms with Gasteiger partial charge in [-0.2, -0.15) is 0 Å². The third-order valence-corrected chi connectivity index (χ3v) is 2.31. The molecular formula is C7H18N2O3S. The lowest BCUT2D eigenvalue weighted by molar-refractivity contribution is 0.181. The SMILES string of the molecule is CC(O)CCCNCCS(N)(=O)=O. The zero-order valence-corrected chi connectivity index (χ0v) is 8.68. The molecule has 0 spiro atoms. The van der Waals surface area contributed by atoms with Crippen molar-refractivity contribution in [2.75, 3.05) is 18.8 Å². The van der Waals surface area contributed by atoms with E-state index in [2.05, 4.69) is 5.32 Å². The van der Waals surface area contributed by atoms with E-state index in [9.17, 15) is 8.42 Å². The molecule has 0 aromatic rings. The Morgan fingerprint density at radius 3 is 2.54 bits per heavy atom. The van der Waals surface area contributed by atoms with Crippen LogP contribution < -0.4 is 10.5 Å². The average molecular weight is 210 g/mol. The van der Waals surface area contributed by atoms with E-state index in [1.165, 1.54) is 0 Å². The summed E-state index contributed by atoms with van der Waals surface area (Å²) in [7, 11) is -3.34. The van der Waals surface area contributed by atoms with Crippen LogP contribution in [0, 0.1) is 0 Å². The monoisotopic (exact) mass is 210 g/mol. The number of sulfonamides is 1. The molecule has 0 bridgehead atoms. The number of hydrogen-bond donors (Lipinski definition) is 3. The smallest absolute Gasteiger partial charge is 0.210 e. The molecule has 0 aliphatic heterocycles. The van der Waals surface area contributed by atoms with Gasteiger partial charge in [0, 0.05) is 6.54 Å². The highest BCUT2D eigenvalue weighted by Crippen LogP contribution is 1.92. The molecule has 1 unspecified atom stereocenters. The minimum atomic E-state index is -3.34. The van der Waals surface area contributed by atoms with Gasteiger partial charge in [0.1, 0.15) is 0 Å². The first-order valence-electron chi connectivity index (χ1n) is 4.31. The van der Waals surface area contributed by atoms with Crippen molar-refractivity contribution in [3.63, 3.8) is 0 Å². The first kappa shape index (κ1) is 12.8. The predicted octanol–water partition coefficient (Wildman–Crippen LogP) is -0.974. The molecule has 0 saturated carbocycles. The molecule has 1 atom stereocenters.